The van der Waals surface area contributed by atoms with Gasteiger partial charge in [0.05, 0.1) is 19.3 Å². The van der Waals surface area contributed by atoms with Gasteiger partial charge in [0.1, 0.15) is 0 Å². The maximum absolute atomic E-state index is 10.1. The van der Waals surface area contributed by atoms with Crippen LogP contribution in [0.3, 0.4) is 0 Å². The fourth-order valence-electron chi connectivity index (χ4n) is 2.98. The van der Waals surface area contributed by atoms with E-state index in [9.17, 15) is 5.11 Å². The van der Waals surface area contributed by atoms with Gasteiger partial charge in [0, 0.05) is 39.3 Å². The van der Waals surface area contributed by atoms with E-state index in [2.05, 4.69) is 41.8 Å². The zero-order valence-electron chi connectivity index (χ0n) is 14.9. The summed E-state index contributed by atoms with van der Waals surface area (Å²) >= 11 is 0. The van der Waals surface area contributed by atoms with Gasteiger partial charge in [0.25, 0.3) is 0 Å². The maximum Gasteiger partial charge on any atom is 0.0664 e. The van der Waals surface area contributed by atoms with Crippen molar-refractivity contribution in [3.8, 4) is 0 Å². The van der Waals surface area contributed by atoms with Crippen molar-refractivity contribution in [2.75, 3.05) is 45.9 Å². The molecule has 0 aromatic heterocycles. The van der Waals surface area contributed by atoms with Crippen LogP contribution in [0.5, 0.6) is 0 Å². The third-order valence-electron chi connectivity index (χ3n) is 4.67. The normalized spacial score (nSPS) is 17.6. The second-order valence-electron chi connectivity index (χ2n) is 6.68. The fourth-order valence-corrected chi connectivity index (χ4v) is 2.98. The van der Waals surface area contributed by atoms with E-state index in [0.29, 0.717) is 0 Å². The van der Waals surface area contributed by atoms with Crippen molar-refractivity contribution in [1.82, 2.24) is 9.80 Å². The highest BCUT2D eigenvalue weighted by atomic mass is 16.5. The molecule has 1 aliphatic rings. The zero-order chi connectivity index (χ0) is 16.7. The lowest BCUT2D eigenvalue weighted by atomic mass is 10.0. The summed E-state index contributed by atoms with van der Waals surface area (Å²) in [4.78, 5) is 4.85. The first-order valence-electron chi connectivity index (χ1n) is 8.85. The summed E-state index contributed by atoms with van der Waals surface area (Å²) < 4.78 is 5.42. The Morgan fingerprint density at radius 3 is 2.70 bits per heavy atom. The number of hydrogen-bond acceptors (Lipinski definition) is 4. The Morgan fingerprint density at radius 2 is 2.00 bits per heavy atom. The highest BCUT2D eigenvalue weighted by Crippen LogP contribution is 2.14. The van der Waals surface area contributed by atoms with Gasteiger partial charge >= 0.3 is 0 Å². The molecule has 1 N–H and O–H groups in total. The molecule has 1 aromatic rings. The van der Waals surface area contributed by atoms with Crippen LogP contribution in [0.25, 0.3) is 0 Å². The molecule has 2 rings (SSSR count). The smallest absolute Gasteiger partial charge is 0.0664 e. The molecular weight excluding hydrogens is 288 g/mol. The number of hydrogen-bond donors (Lipinski definition) is 1. The van der Waals surface area contributed by atoms with Gasteiger partial charge in [0.2, 0.25) is 0 Å². The molecule has 0 saturated carbocycles. The summed E-state index contributed by atoms with van der Waals surface area (Å²) in [5.74, 6) is 0. The molecule has 1 fully saturated rings. The Hall–Kier alpha value is -0.940. The Labute approximate surface area is 141 Å². The van der Waals surface area contributed by atoms with Gasteiger partial charge in [-0.05, 0) is 31.4 Å². The lowest BCUT2D eigenvalue weighted by Gasteiger charge is -2.31. The van der Waals surface area contributed by atoms with Crippen LogP contribution in [0, 0.1) is 13.8 Å². The molecule has 0 amide bonds. The predicted octanol–water partition coefficient (Wildman–Crippen LogP) is 2.21. The van der Waals surface area contributed by atoms with E-state index in [4.69, 9.17) is 4.74 Å². The van der Waals surface area contributed by atoms with Gasteiger partial charge in [-0.15, -0.1) is 0 Å². The van der Waals surface area contributed by atoms with Crippen LogP contribution in [-0.2, 0) is 11.3 Å². The molecule has 0 bridgehead atoms. The van der Waals surface area contributed by atoms with Crippen LogP contribution >= 0.6 is 0 Å². The summed E-state index contributed by atoms with van der Waals surface area (Å²) in [6.45, 7) is 13.8. The molecule has 23 heavy (non-hydrogen) atoms. The molecule has 4 heteroatoms. The third-order valence-corrected chi connectivity index (χ3v) is 4.67. The van der Waals surface area contributed by atoms with Crippen molar-refractivity contribution in [1.29, 1.82) is 0 Å². The highest BCUT2D eigenvalue weighted by Gasteiger charge is 2.15. The first-order valence-corrected chi connectivity index (χ1v) is 8.85. The molecule has 0 radical (unpaired) electrons. The van der Waals surface area contributed by atoms with Gasteiger partial charge in [0.15, 0.2) is 0 Å². The maximum atomic E-state index is 10.1. The molecule has 1 aliphatic heterocycles. The van der Waals surface area contributed by atoms with E-state index in [1.165, 1.54) is 16.7 Å². The van der Waals surface area contributed by atoms with Crippen LogP contribution in [0.2, 0.25) is 0 Å². The van der Waals surface area contributed by atoms with Gasteiger partial charge in [-0.3, -0.25) is 9.80 Å². The topological polar surface area (TPSA) is 35.9 Å². The van der Waals surface area contributed by atoms with Gasteiger partial charge in [-0.1, -0.05) is 30.7 Å². The number of rotatable bonds is 8. The molecular formula is C19H32N2O2. The Bertz CT molecular complexity index is 472. The molecule has 1 unspecified atom stereocenters. The van der Waals surface area contributed by atoms with Gasteiger partial charge < -0.3 is 9.84 Å². The highest BCUT2D eigenvalue weighted by molar-refractivity contribution is 5.30. The van der Waals surface area contributed by atoms with E-state index >= 15 is 0 Å². The van der Waals surface area contributed by atoms with Gasteiger partial charge in [-0.25, -0.2) is 0 Å². The van der Waals surface area contributed by atoms with Crippen LogP contribution in [0.15, 0.2) is 18.2 Å². The van der Waals surface area contributed by atoms with E-state index in [-0.39, 0.29) is 6.10 Å². The fraction of sp³-hybridized carbons (Fsp3) is 0.684. The van der Waals surface area contributed by atoms with E-state index in [0.717, 1.165) is 58.9 Å². The van der Waals surface area contributed by atoms with Crippen molar-refractivity contribution < 1.29 is 9.84 Å². The summed E-state index contributed by atoms with van der Waals surface area (Å²) in [5.41, 5.74) is 4.00. The first-order chi connectivity index (χ1) is 11.1. The SMILES string of the molecule is CCC(O)CN(CCN1CCOCC1)Cc1cc(C)ccc1C. The van der Waals surface area contributed by atoms with E-state index < -0.39 is 0 Å². The number of aliphatic hydroxyl groups excluding tert-OH is 1. The minimum atomic E-state index is -0.246. The number of aliphatic hydroxyl groups is 1. The lowest BCUT2D eigenvalue weighted by Crippen LogP contribution is -2.43. The summed E-state index contributed by atoms with van der Waals surface area (Å²) in [5, 5.41) is 10.1. The molecule has 1 saturated heterocycles. The minimum absolute atomic E-state index is 0.246. The second kappa shape index (κ2) is 9.38. The Kier molecular flexibility index (Phi) is 7.50. The summed E-state index contributed by atoms with van der Waals surface area (Å²) in [6.07, 6.45) is 0.561. The van der Waals surface area contributed by atoms with E-state index in [1.807, 2.05) is 6.92 Å². The quantitative estimate of drug-likeness (QED) is 0.797. The second-order valence-corrected chi connectivity index (χ2v) is 6.68. The van der Waals surface area contributed by atoms with Crippen molar-refractivity contribution in [2.45, 2.75) is 39.8 Å². The molecule has 1 heterocycles. The first kappa shape index (κ1) is 18.4. The average Bonchev–Trinajstić information content (AvgIpc) is 2.56. The predicted molar refractivity (Wildman–Crippen MR) is 94.7 cm³/mol. The molecule has 1 aromatic carbocycles. The van der Waals surface area contributed by atoms with Gasteiger partial charge in [-0.2, -0.15) is 0 Å². The molecule has 130 valence electrons. The largest absolute Gasteiger partial charge is 0.392 e. The molecule has 0 aliphatic carbocycles. The molecule has 4 nitrogen and oxygen atoms in total. The zero-order valence-corrected chi connectivity index (χ0v) is 14.9. The Balaban J connectivity index is 1.96. The minimum Gasteiger partial charge on any atom is -0.392 e. The van der Waals surface area contributed by atoms with Crippen molar-refractivity contribution in [3.63, 3.8) is 0 Å². The summed E-state index contributed by atoms with van der Waals surface area (Å²) in [6, 6.07) is 6.63. The number of aryl methyl sites for hydroxylation is 2. The van der Waals surface area contributed by atoms with Crippen molar-refractivity contribution >= 4 is 0 Å². The monoisotopic (exact) mass is 320 g/mol. The Morgan fingerprint density at radius 1 is 1.26 bits per heavy atom. The molecule has 0 spiro atoms. The number of benzene rings is 1. The van der Waals surface area contributed by atoms with Crippen LogP contribution in [-0.4, -0.2) is 66.9 Å². The average molecular weight is 320 g/mol. The molecule has 1 atom stereocenters. The van der Waals surface area contributed by atoms with Crippen molar-refractivity contribution in [2.24, 2.45) is 0 Å². The number of nitrogens with zero attached hydrogens (tertiary/aromatic N) is 2. The van der Waals surface area contributed by atoms with Crippen LogP contribution in [0.1, 0.15) is 30.0 Å². The lowest BCUT2D eigenvalue weighted by molar-refractivity contribution is 0.0290. The van der Waals surface area contributed by atoms with Crippen molar-refractivity contribution in [3.05, 3.63) is 34.9 Å². The van der Waals surface area contributed by atoms with Crippen LogP contribution in [0.4, 0.5) is 0 Å². The van der Waals surface area contributed by atoms with E-state index in [1.54, 1.807) is 0 Å². The third kappa shape index (κ3) is 6.22. The standard InChI is InChI=1S/C19H32N2O2/c1-4-19(22)15-21(8-7-20-9-11-23-12-10-20)14-18-13-16(2)5-6-17(18)3/h5-6,13,19,22H,4,7-12,14-15H2,1-3H3. The number of morpholine rings is 1. The number of ether oxygens (including phenoxy) is 1. The summed E-state index contributed by atoms with van der Waals surface area (Å²) in [7, 11) is 0. The van der Waals surface area contributed by atoms with Crippen LogP contribution < -0.4 is 0 Å².